The maximum absolute atomic E-state index is 11.7. The molecule has 14 heavy (non-hydrogen) atoms. The minimum atomic E-state index is 0.194. The van der Waals surface area contributed by atoms with Gasteiger partial charge in [0.2, 0.25) is 0 Å². The molecule has 0 aliphatic heterocycles. The van der Waals surface area contributed by atoms with Crippen LogP contribution in [0, 0.1) is 0 Å². The topological polar surface area (TPSA) is 20.3 Å². The van der Waals surface area contributed by atoms with E-state index >= 15 is 0 Å². The molecule has 0 saturated heterocycles. The third-order valence-corrected chi connectivity index (χ3v) is 2.43. The van der Waals surface area contributed by atoms with Crippen LogP contribution in [0.4, 0.5) is 0 Å². The number of carbonyl (C=O) groups excluding carboxylic acids is 1. The number of Topliss-reactive ketones (excluding diaryl/α,β-unsaturated/α-hetero) is 1. The number of ketones is 1. The monoisotopic (exact) mass is 255 g/mol. The number of hydrogen-bond acceptors (Lipinski definition) is 2. The molecule has 0 aromatic heterocycles. The Morgan fingerprint density at radius 3 is 2.71 bits per heavy atom. The highest BCUT2D eigenvalue weighted by Gasteiger charge is 2.05. The van der Waals surface area contributed by atoms with Crippen molar-refractivity contribution in [2.75, 3.05) is 20.6 Å². The summed E-state index contributed by atoms with van der Waals surface area (Å²) in [6, 6.07) is 7.51. The zero-order chi connectivity index (χ0) is 10.6. The fraction of sp³-hybridized carbons (Fsp3) is 0.364. The summed E-state index contributed by atoms with van der Waals surface area (Å²) < 4.78 is 0.952. The van der Waals surface area contributed by atoms with Crippen molar-refractivity contribution in [3.05, 3.63) is 34.3 Å². The molecule has 0 amide bonds. The maximum atomic E-state index is 11.7. The lowest BCUT2D eigenvalue weighted by Crippen LogP contribution is -2.16. The predicted molar refractivity (Wildman–Crippen MR) is 61.6 cm³/mol. The van der Waals surface area contributed by atoms with E-state index in [9.17, 15) is 4.79 Å². The minimum absolute atomic E-state index is 0.194. The fourth-order valence-corrected chi connectivity index (χ4v) is 1.53. The van der Waals surface area contributed by atoms with Gasteiger partial charge >= 0.3 is 0 Å². The summed E-state index contributed by atoms with van der Waals surface area (Å²) in [6.45, 7) is 0.797. The van der Waals surface area contributed by atoms with Crippen LogP contribution in [0.5, 0.6) is 0 Å². The van der Waals surface area contributed by atoms with Crippen molar-refractivity contribution >= 4 is 21.7 Å². The van der Waals surface area contributed by atoms with E-state index in [4.69, 9.17) is 0 Å². The van der Waals surface area contributed by atoms with Crippen LogP contribution in [-0.2, 0) is 0 Å². The quantitative estimate of drug-likeness (QED) is 0.772. The molecule has 0 N–H and O–H groups in total. The summed E-state index contributed by atoms with van der Waals surface area (Å²) in [4.78, 5) is 13.7. The number of hydrogen-bond donors (Lipinski definition) is 0. The summed E-state index contributed by atoms with van der Waals surface area (Å²) in [5, 5.41) is 0. The van der Waals surface area contributed by atoms with E-state index in [1.54, 1.807) is 0 Å². The largest absolute Gasteiger partial charge is 0.309 e. The molecule has 1 rings (SSSR count). The average molecular weight is 256 g/mol. The van der Waals surface area contributed by atoms with Crippen LogP contribution in [0.25, 0.3) is 0 Å². The molecular formula is C11H14BrNO. The Hall–Kier alpha value is -0.670. The van der Waals surface area contributed by atoms with Gasteiger partial charge in [-0.1, -0.05) is 28.1 Å². The van der Waals surface area contributed by atoms with Crippen molar-refractivity contribution in [3.63, 3.8) is 0 Å². The molecule has 0 radical (unpaired) electrons. The average Bonchev–Trinajstić information content (AvgIpc) is 2.14. The first kappa shape index (κ1) is 11.4. The van der Waals surface area contributed by atoms with Crippen LogP contribution < -0.4 is 0 Å². The van der Waals surface area contributed by atoms with Crippen molar-refractivity contribution in [2.24, 2.45) is 0 Å². The highest BCUT2D eigenvalue weighted by molar-refractivity contribution is 9.10. The molecule has 1 aromatic rings. The minimum Gasteiger partial charge on any atom is -0.309 e. The Kier molecular flexibility index (Phi) is 4.29. The molecule has 1 aromatic carbocycles. The van der Waals surface area contributed by atoms with Crippen molar-refractivity contribution in [1.82, 2.24) is 4.90 Å². The first-order chi connectivity index (χ1) is 6.59. The zero-order valence-electron chi connectivity index (χ0n) is 8.46. The number of nitrogens with zero attached hydrogens (tertiary/aromatic N) is 1. The SMILES string of the molecule is CN(C)CCC(=O)c1cccc(Br)c1. The van der Waals surface area contributed by atoms with Gasteiger partial charge in [0.05, 0.1) is 0 Å². The van der Waals surface area contributed by atoms with Crippen molar-refractivity contribution in [1.29, 1.82) is 0 Å². The van der Waals surface area contributed by atoms with E-state index in [0.717, 1.165) is 16.6 Å². The smallest absolute Gasteiger partial charge is 0.164 e. The highest BCUT2D eigenvalue weighted by Crippen LogP contribution is 2.13. The first-order valence-electron chi connectivity index (χ1n) is 4.53. The highest BCUT2D eigenvalue weighted by atomic mass is 79.9. The Balaban J connectivity index is 2.61. The van der Waals surface area contributed by atoms with E-state index in [1.165, 1.54) is 0 Å². The number of halogens is 1. The van der Waals surface area contributed by atoms with Gasteiger partial charge in [0, 0.05) is 23.0 Å². The summed E-state index contributed by atoms with van der Waals surface area (Å²) in [5.74, 6) is 0.194. The van der Waals surface area contributed by atoms with E-state index in [0.29, 0.717) is 6.42 Å². The second-order valence-corrected chi connectivity index (χ2v) is 4.40. The van der Waals surface area contributed by atoms with Gasteiger partial charge in [-0.2, -0.15) is 0 Å². The van der Waals surface area contributed by atoms with Crippen molar-refractivity contribution in [2.45, 2.75) is 6.42 Å². The van der Waals surface area contributed by atoms with Crippen LogP contribution in [-0.4, -0.2) is 31.3 Å². The van der Waals surface area contributed by atoms with E-state index < -0.39 is 0 Å². The van der Waals surface area contributed by atoms with Gasteiger partial charge in [0.1, 0.15) is 0 Å². The van der Waals surface area contributed by atoms with Crippen LogP contribution in [0.3, 0.4) is 0 Å². The van der Waals surface area contributed by atoms with E-state index in [2.05, 4.69) is 15.9 Å². The Bertz CT molecular complexity index is 323. The first-order valence-corrected chi connectivity index (χ1v) is 5.32. The normalized spacial score (nSPS) is 10.6. The Morgan fingerprint density at radius 2 is 2.14 bits per heavy atom. The second kappa shape index (κ2) is 5.27. The molecule has 0 heterocycles. The van der Waals surface area contributed by atoms with Gasteiger partial charge in [-0.15, -0.1) is 0 Å². The number of benzene rings is 1. The third-order valence-electron chi connectivity index (χ3n) is 1.93. The summed E-state index contributed by atoms with van der Waals surface area (Å²) in [7, 11) is 3.93. The van der Waals surface area contributed by atoms with Gasteiger partial charge in [-0.25, -0.2) is 0 Å². The predicted octanol–water partition coefficient (Wildman–Crippen LogP) is 2.58. The third kappa shape index (κ3) is 3.60. The van der Waals surface area contributed by atoms with Crippen LogP contribution in [0.15, 0.2) is 28.7 Å². The second-order valence-electron chi connectivity index (χ2n) is 3.49. The molecule has 0 bridgehead atoms. The van der Waals surface area contributed by atoms with E-state index in [1.807, 2.05) is 43.3 Å². The summed E-state index contributed by atoms with van der Waals surface area (Å²) in [6.07, 6.45) is 0.573. The molecule has 0 aliphatic rings. The molecule has 0 aliphatic carbocycles. The molecule has 76 valence electrons. The molecule has 0 saturated carbocycles. The Labute approximate surface area is 93.0 Å². The van der Waals surface area contributed by atoms with Gasteiger partial charge in [-0.05, 0) is 26.2 Å². The summed E-state index contributed by atoms with van der Waals surface area (Å²) >= 11 is 3.35. The molecule has 0 spiro atoms. The van der Waals surface area contributed by atoms with Gasteiger partial charge in [0.15, 0.2) is 5.78 Å². The summed E-state index contributed by atoms with van der Waals surface area (Å²) in [5.41, 5.74) is 0.779. The van der Waals surface area contributed by atoms with Crippen LogP contribution in [0.1, 0.15) is 16.8 Å². The molecular weight excluding hydrogens is 242 g/mol. The lowest BCUT2D eigenvalue weighted by atomic mass is 10.1. The molecule has 0 fully saturated rings. The van der Waals surface area contributed by atoms with Crippen molar-refractivity contribution < 1.29 is 4.79 Å². The molecule has 0 unspecified atom stereocenters. The molecule has 2 nitrogen and oxygen atoms in total. The standard InChI is InChI=1S/C11H14BrNO/c1-13(2)7-6-11(14)9-4-3-5-10(12)8-9/h3-5,8H,6-7H2,1-2H3. The van der Waals surface area contributed by atoms with Gasteiger partial charge in [-0.3, -0.25) is 4.79 Å². The van der Waals surface area contributed by atoms with E-state index in [-0.39, 0.29) is 5.78 Å². The number of carbonyl (C=O) groups is 1. The zero-order valence-corrected chi connectivity index (χ0v) is 10.0. The lowest BCUT2D eigenvalue weighted by molar-refractivity contribution is 0.0972. The molecule has 3 heteroatoms. The van der Waals surface area contributed by atoms with Crippen molar-refractivity contribution in [3.8, 4) is 0 Å². The van der Waals surface area contributed by atoms with Gasteiger partial charge in [0.25, 0.3) is 0 Å². The fourth-order valence-electron chi connectivity index (χ4n) is 1.13. The van der Waals surface area contributed by atoms with Crippen LogP contribution >= 0.6 is 15.9 Å². The molecule has 0 atom stereocenters. The Morgan fingerprint density at radius 1 is 1.43 bits per heavy atom. The van der Waals surface area contributed by atoms with Gasteiger partial charge < -0.3 is 4.90 Å². The lowest BCUT2D eigenvalue weighted by Gasteiger charge is -2.08. The number of rotatable bonds is 4. The van der Waals surface area contributed by atoms with Crippen LogP contribution in [0.2, 0.25) is 0 Å². The maximum Gasteiger partial charge on any atom is 0.164 e.